The van der Waals surface area contributed by atoms with Crippen molar-refractivity contribution in [1.82, 2.24) is 20.8 Å². The highest BCUT2D eigenvalue weighted by Crippen LogP contribution is 2.32. The van der Waals surface area contributed by atoms with Crippen molar-refractivity contribution in [3.8, 4) is 0 Å². The van der Waals surface area contributed by atoms with Crippen LogP contribution in [0, 0.1) is 0 Å². The molecular formula is C15H16ClN5O2S2. The smallest absolute Gasteiger partial charge is 0.321 e. The van der Waals surface area contributed by atoms with Gasteiger partial charge in [-0.1, -0.05) is 46.8 Å². The van der Waals surface area contributed by atoms with Crippen molar-refractivity contribution >= 4 is 57.5 Å². The summed E-state index contributed by atoms with van der Waals surface area (Å²) in [6.07, 6.45) is 1.94. The monoisotopic (exact) mass is 397 g/mol. The van der Waals surface area contributed by atoms with Gasteiger partial charge >= 0.3 is 6.03 Å². The van der Waals surface area contributed by atoms with Crippen molar-refractivity contribution in [3.63, 3.8) is 0 Å². The number of benzene rings is 1. The number of anilines is 2. The number of nitrogens with zero attached hydrogens (tertiary/aromatic N) is 2. The van der Waals surface area contributed by atoms with Crippen LogP contribution >= 0.6 is 34.7 Å². The molecule has 2 aromatic rings. The van der Waals surface area contributed by atoms with Gasteiger partial charge in [-0.05, 0) is 31.9 Å². The van der Waals surface area contributed by atoms with Crippen molar-refractivity contribution in [2.45, 2.75) is 35.4 Å². The topological polar surface area (TPSA) is 96.0 Å². The molecule has 1 aromatic heterocycles. The molecule has 1 heterocycles. The molecule has 0 radical (unpaired) electrons. The maximum absolute atomic E-state index is 12.0. The van der Waals surface area contributed by atoms with E-state index in [0.29, 0.717) is 14.5 Å². The third-order valence-corrected chi connectivity index (χ3v) is 5.67. The van der Waals surface area contributed by atoms with E-state index < -0.39 is 11.3 Å². The number of thioether (sulfide) groups is 1. The highest BCUT2D eigenvalue weighted by atomic mass is 35.5. The number of aromatic nitrogens is 2. The molecule has 132 valence electrons. The molecule has 0 spiro atoms. The van der Waals surface area contributed by atoms with Crippen LogP contribution in [0.2, 0.25) is 5.02 Å². The van der Waals surface area contributed by atoms with Gasteiger partial charge in [-0.15, -0.1) is 10.2 Å². The summed E-state index contributed by atoms with van der Waals surface area (Å²) < 4.78 is 0.625. The predicted molar refractivity (Wildman–Crippen MR) is 99.7 cm³/mol. The van der Waals surface area contributed by atoms with Crippen molar-refractivity contribution in [3.05, 3.63) is 29.3 Å². The zero-order valence-electron chi connectivity index (χ0n) is 13.3. The van der Waals surface area contributed by atoms with Crippen LogP contribution in [-0.4, -0.2) is 33.4 Å². The van der Waals surface area contributed by atoms with Gasteiger partial charge in [0.05, 0.1) is 16.0 Å². The van der Waals surface area contributed by atoms with Crippen molar-refractivity contribution in [1.29, 1.82) is 0 Å². The Balaban J connectivity index is 1.52. The maximum Gasteiger partial charge on any atom is 0.321 e. The summed E-state index contributed by atoms with van der Waals surface area (Å²) >= 11 is 8.65. The Labute approximate surface area is 157 Å². The Morgan fingerprint density at radius 2 is 2.08 bits per heavy atom. The van der Waals surface area contributed by atoms with Crippen LogP contribution in [0.5, 0.6) is 0 Å². The number of carbonyl (C=O) groups is 2. The molecule has 3 rings (SSSR count). The van der Waals surface area contributed by atoms with E-state index in [-0.39, 0.29) is 11.9 Å². The Hall–Kier alpha value is -1.84. The fourth-order valence-corrected chi connectivity index (χ4v) is 3.94. The first-order valence-corrected chi connectivity index (χ1v) is 9.72. The highest BCUT2D eigenvalue weighted by Gasteiger charge is 2.25. The number of urea groups is 1. The van der Waals surface area contributed by atoms with E-state index in [1.807, 2.05) is 18.2 Å². The first-order valence-electron chi connectivity index (χ1n) is 7.64. The van der Waals surface area contributed by atoms with Crippen LogP contribution in [0.25, 0.3) is 0 Å². The van der Waals surface area contributed by atoms with Gasteiger partial charge < -0.3 is 10.6 Å². The number of rotatable bonds is 6. The Morgan fingerprint density at radius 1 is 1.32 bits per heavy atom. The fraction of sp³-hybridized carbons (Fsp3) is 0.333. The minimum Gasteiger partial charge on any atom is -0.335 e. The van der Waals surface area contributed by atoms with E-state index in [1.54, 1.807) is 13.0 Å². The second-order valence-electron chi connectivity index (χ2n) is 5.48. The number of nitrogens with one attached hydrogen (secondary N) is 3. The Morgan fingerprint density at radius 3 is 2.80 bits per heavy atom. The summed E-state index contributed by atoms with van der Waals surface area (Å²) in [5, 5.41) is 16.9. The van der Waals surface area contributed by atoms with Crippen LogP contribution in [0.3, 0.4) is 0 Å². The van der Waals surface area contributed by atoms with E-state index in [9.17, 15) is 9.59 Å². The van der Waals surface area contributed by atoms with Crippen molar-refractivity contribution in [2.75, 3.05) is 5.32 Å². The summed E-state index contributed by atoms with van der Waals surface area (Å²) in [5.41, 5.74) is 0.736. The molecule has 25 heavy (non-hydrogen) atoms. The zero-order chi connectivity index (χ0) is 17.8. The first-order chi connectivity index (χ1) is 12.0. The summed E-state index contributed by atoms with van der Waals surface area (Å²) in [6.45, 7) is 1.72. The third kappa shape index (κ3) is 5.32. The molecule has 1 aromatic carbocycles. The van der Waals surface area contributed by atoms with Gasteiger partial charge in [0.15, 0.2) is 4.34 Å². The van der Waals surface area contributed by atoms with Gasteiger partial charge in [-0.2, -0.15) is 0 Å². The molecule has 0 bridgehead atoms. The van der Waals surface area contributed by atoms with Gasteiger partial charge in [0, 0.05) is 6.04 Å². The fourth-order valence-electron chi connectivity index (χ4n) is 1.85. The number of hydrogen-bond donors (Lipinski definition) is 3. The number of halogens is 1. The quantitative estimate of drug-likeness (QED) is 0.646. The molecule has 0 unspecified atom stereocenters. The molecule has 1 atom stereocenters. The lowest BCUT2D eigenvalue weighted by molar-refractivity contribution is -0.119. The van der Waals surface area contributed by atoms with Crippen LogP contribution in [0.15, 0.2) is 28.6 Å². The number of amides is 3. The molecule has 3 N–H and O–H groups in total. The summed E-state index contributed by atoms with van der Waals surface area (Å²) in [5.74, 6) is -0.362. The molecule has 3 amide bonds. The summed E-state index contributed by atoms with van der Waals surface area (Å²) in [6, 6.07) is 7.08. The number of carbonyl (C=O) groups excluding carboxylic acids is 2. The molecule has 10 heteroatoms. The normalized spacial score (nSPS) is 14.6. The first kappa shape index (κ1) is 18.0. The molecule has 1 fully saturated rings. The van der Waals surface area contributed by atoms with E-state index >= 15 is 0 Å². The van der Waals surface area contributed by atoms with Crippen molar-refractivity contribution < 1.29 is 9.59 Å². The van der Waals surface area contributed by atoms with E-state index in [0.717, 1.165) is 18.5 Å². The lowest BCUT2D eigenvalue weighted by atomic mass is 10.3. The largest absolute Gasteiger partial charge is 0.335 e. The van der Waals surface area contributed by atoms with Gasteiger partial charge in [0.1, 0.15) is 0 Å². The van der Waals surface area contributed by atoms with E-state index in [4.69, 9.17) is 11.6 Å². The number of imide groups is 1. The van der Waals surface area contributed by atoms with Crippen LogP contribution in [0.4, 0.5) is 15.6 Å². The maximum atomic E-state index is 12.0. The average molecular weight is 398 g/mol. The summed E-state index contributed by atoms with van der Waals surface area (Å²) in [7, 11) is 0. The Kier molecular flexibility index (Phi) is 5.77. The van der Waals surface area contributed by atoms with Gasteiger partial charge in [-0.25, -0.2) is 4.79 Å². The van der Waals surface area contributed by atoms with Gasteiger partial charge in [0.25, 0.3) is 0 Å². The standard InChI is InChI=1S/C15H16ClN5O2S2/c1-8(12(22)19-13(23)17-9-6-7-9)24-15-21-20-14(25-15)18-11-5-3-2-4-10(11)16/h2-5,8-9H,6-7H2,1H3,(H,18,20)(H2,17,19,22,23)/t8-/m1/s1. The number of hydrogen-bond acceptors (Lipinski definition) is 7. The van der Waals surface area contributed by atoms with Gasteiger partial charge in [0.2, 0.25) is 11.0 Å². The average Bonchev–Trinajstić information content (AvgIpc) is 3.27. The minimum absolute atomic E-state index is 0.206. The van der Waals surface area contributed by atoms with Crippen LogP contribution in [-0.2, 0) is 4.79 Å². The number of para-hydroxylation sites is 1. The van der Waals surface area contributed by atoms with Crippen LogP contribution in [0.1, 0.15) is 19.8 Å². The Bertz CT molecular complexity index is 781. The SMILES string of the molecule is C[C@@H](Sc1nnc(Nc2ccccc2Cl)s1)C(=O)NC(=O)NC1CC1. The summed E-state index contributed by atoms with van der Waals surface area (Å²) in [4.78, 5) is 23.6. The molecule has 7 nitrogen and oxygen atoms in total. The molecule has 0 saturated heterocycles. The lowest BCUT2D eigenvalue weighted by Crippen LogP contribution is -2.43. The molecule has 1 saturated carbocycles. The highest BCUT2D eigenvalue weighted by molar-refractivity contribution is 8.02. The zero-order valence-corrected chi connectivity index (χ0v) is 15.7. The molecular weight excluding hydrogens is 382 g/mol. The lowest BCUT2D eigenvalue weighted by Gasteiger charge is -2.09. The van der Waals surface area contributed by atoms with E-state index in [2.05, 4.69) is 26.1 Å². The molecule has 1 aliphatic rings. The van der Waals surface area contributed by atoms with Gasteiger partial charge in [-0.3, -0.25) is 10.1 Å². The third-order valence-electron chi connectivity index (χ3n) is 3.32. The van der Waals surface area contributed by atoms with Crippen LogP contribution < -0.4 is 16.0 Å². The second-order valence-corrected chi connectivity index (χ2v) is 8.45. The molecule has 1 aliphatic carbocycles. The van der Waals surface area contributed by atoms with Crippen molar-refractivity contribution in [2.24, 2.45) is 0 Å². The minimum atomic E-state index is -0.467. The molecule has 0 aliphatic heterocycles. The van der Waals surface area contributed by atoms with E-state index in [1.165, 1.54) is 23.1 Å². The second kappa shape index (κ2) is 8.03. The predicted octanol–water partition coefficient (Wildman–Crippen LogP) is 3.40.